The molecule has 0 radical (unpaired) electrons. The molecule has 0 bridgehead atoms. The van der Waals surface area contributed by atoms with Crippen LogP contribution in [0.15, 0.2) is 59.4 Å². The van der Waals surface area contributed by atoms with Crippen molar-refractivity contribution in [3.05, 3.63) is 87.3 Å². The minimum Gasteiger partial charge on any atom is -0.306 e. The van der Waals surface area contributed by atoms with Gasteiger partial charge in [0.1, 0.15) is 5.82 Å². The predicted molar refractivity (Wildman–Crippen MR) is 99.6 cm³/mol. The highest BCUT2D eigenvalue weighted by atomic mass is 19.4. The van der Waals surface area contributed by atoms with Crippen LogP contribution in [0.1, 0.15) is 22.4 Å². The van der Waals surface area contributed by atoms with Crippen molar-refractivity contribution in [1.29, 1.82) is 0 Å². The van der Waals surface area contributed by atoms with Crippen molar-refractivity contribution in [2.75, 3.05) is 6.54 Å². The van der Waals surface area contributed by atoms with E-state index in [2.05, 4.69) is 9.97 Å². The molecule has 1 aliphatic heterocycles. The number of H-pyrrole nitrogens is 1. The molecule has 0 fully saturated rings. The zero-order valence-corrected chi connectivity index (χ0v) is 15.0. The van der Waals surface area contributed by atoms with Crippen LogP contribution >= 0.6 is 0 Å². The van der Waals surface area contributed by atoms with E-state index in [1.807, 2.05) is 35.2 Å². The highest BCUT2D eigenvalue weighted by molar-refractivity contribution is 5.54. The molecule has 0 atom stereocenters. The number of benzene rings is 2. The van der Waals surface area contributed by atoms with Gasteiger partial charge in [0.15, 0.2) is 0 Å². The van der Waals surface area contributed by atoms with Crippen molar-refractivity contribution >= 4 is 0 Å². The molecule has 0 spiro atoms. The smallest absolute Gasteiger partial charge is 0.306 e. The fourth-order valence-electron chi connectivity index (χ4n) is 3.54. The van der Waals surface area contributed by atoms with E-state index in [1.165, 1.54) is 12.1 Å². The minimum absolute atomic E-state index is 0.157. The van der Waals surface area contributed by atoms with Crippen molar-refractivity contribution in [2.24, 2.45) is 0 Å². The van der Waals surface area contributed by atoms with Crippen LogP contribution in [-0.4, -0.2) is 21.4 Å². The molecule has 0 unspecified atom stereocenters. The number of hydrogen-bond donors (Lipinski definition) is 1. The molecule has 3 aromatic rings. The number of fused-ring (bicyclic) bond motifs is 1. The van der Waals surface area contributed by atoms with E-state index in [0.717, 1.165) is 11.6 Å². The fourth-order valence-corrected chi connectivity index (χ4v) is 3.54. The Morgan fingerprint density at radius 1 is 1.04 bits per heavy atom. The summed E-state index contributed by atoms with van der Waals surface area (Å²) in [6.45, 7) is 1.00. The summed E-state index contributed by atoms with van der Waals surface area (Å²) in [5.74, 6) is 0.474. The molecule has 4 rings (SSSR count). The lowest BCUT2D eigenvalue weighted by Crippen LogP contribution is -2.35. The Labute approximate surface area is 159 Å². The van der Waals surface area contributed by atoms with Gasteiger partial charge in [0.2, 0.25) is 0 Å². The molecule has 1 aliphatic rings. The van der Waals surface area contributed by atoms with E-state index >= 15 is 0 Å². The number of aromatic nitrogens is 2. The highest BCUT2D eigenvalue weighted by Crippen LogP contribution is 2.33. The molecule has 7 heteroatoms. The topological polar surface area (TPSA) is 49.0 Å². The maximum atomic E-state index is 13.3. The normalized spacial score (nSPS) is 14.7. The Morgan fingerprint density at radius 3 is 2.50 bits per heavy atom. The van der Waals surface area contributed by atoms with Crippen LogP contribution in [0.3, 0.4) is 0 Å². The quantitative estimate of drug-likeness (QED) is 0.741. The third-order valence-electron chi connectivity index (χ3n) is 4.92. The molecule has 0 amide bonds. The largest absolute Gasteiger partial charge is 0.416 e. The standard InChI is InChI=1S/C21H18F3N3O/c22-21(23,24)17-9-5-4-8-15(17)12-27-11-10-16-18(13-27)25-19(26-20(16)28)14-6-2-1-3-7-14/h1-9H,10-13H2,(H,25,26,28). The molecule has 1 aromatic heterocycles. The number of rotatable bonds is 3. The fraction of sp³-hybridized carbons (Fsp3) is 0.238. The average Bonchev–Trinajstić information content (AvgIpc) is 2.68. The summed E-state index contributed by atoms with van der Waals surface area (Å²) < 4.78 is 39.8. The van der Waals surface area contributed by atoms with Crippen LogP contribution in [0.4, 0.5) is 13.2 Å². The summed E-state index contributed by atoms with van der Waals surface area (Å²) in [7, 11) is 0. The second-order valence-electron chi connectivity index (χ2n) is 6.82. The second-order valence-corrected chi connectivity index (χ2v) is 6.82. The summed E-state index contributed by atoms with van der Waals surface area (Å²) in [6, 6.07) is 14.9. The first-order chi connectivity index (χ1) is 13.4. The SMILES string of the molecule is O=c1[nH]c(-c2ccccc2)nc2c1CCN(Cc1ccccc1C(F)(F)F)C2. The third-order valence-corrected chi connectivity index (χ3v) is 4.92. The van der Waals surface area contributed by atoms with Crippen LogP contribution in [-0.2, 0) is 25.7 Å². The molecule has 0 saturated heterocycles. The molecule has 0 saturated carbocycles. The molecule has 1 N–H and O–H groups in total. The van der Waals surface area contributed by atoms with Gasteiger partial charge in [0, 0.05) is 30.8 Å². The van der Waals surface area contributed by atoms with Gasteiger partial charge in [-0.25, -0.2) is 4.98 Å². The summed E-state index contributed by atoms with van der Waals surface area (Å²) in [6.07, 6.45) is -3.93. The van der Waals surface area contributed by atoms with Crippen molar-refractivity contribution in [3.63, 3.8) is 0 Å². The van der Waals surface area contributed by atoms with E-state index in [-0.39, 0.29) is 17.7 Å². The Hall–Kier alpha value is -2.93. The first kappa shape index (κ1) is 18.4. The van der Waals surface area contributed by atoms with Gasteiger partial charge in [0.05, 0.1) is 11.3 Å². The third kappa shape index (κ3) is 3.71. The van der Waals surface area contributed by atoms with Gasteiger partial charge in [-0.15, -0.1) is 0 Å². The Bertz CT molecular complexity index is 1040. The summed E-state index contributed by atoms with van der Waals surface area (Å²) in [4.78, 5) is 21.7. The molecular formula is C21H18F3N3O. The molecule has 2 heterocycles. The summed E-state index contributed by atoms with van der Waals surface area (Å²) >= 11 is 0. The minimum atomic E-state index is -4.39. The van der Waals surface area contributed by atoms with Crippen LogP contribution in [0, 0.1) is 0 Å². The van der Waals surface area contributed by atoms with Gasteiger partial charge in [-0.1, -0.05) is 48.5 Å². The van der Waals surface area contributed by atoms with E-state index in [1.54, 1.807) is 6.07 Å². The molecule has 144 valence electrons. The van der Waals surface area contributed by atoms with Crippen LogP contribution in [0.2, 0.25) is 0 Å². The van der Waals surface area contributed by atoms with E-state index < -0.39 is 11.7 Å². The number of hydrogen-bond acceptors (Lipinski definition) is 3. The van der Waals surface area contributed by atoms with Crippen molar-refractivity contribution < 1.29 is 13.2 Å². The maximum Gasteiger partial charge on any atom is 0.416 e. The van der Waals surface area contributed by atoms with Crippen molar-refractivity contribution in [2.45, 2.75) is 25.7 Å². The molecule has 28 heavy (non-hydrogen) atoms. The van der Waals surface area contributed by atoms with Gasteiger partial charge >= 0.3 is 6.18 Å². The Balaban J connectivity index is 1.62. The van der Waals surface area contributed by atoms with Crippen LogP contribution in [0.25, 0.3) is 11.4 Å². The zero-order chi connectivity index (χ0) is 19.7. The lowest BCUT2D eigenvalue weighted by molar-refractivity contribution is -0.138. The summed E-state index contributed by atoms with van der Waals surface area (Å²) in [5.41, 5.74) is 1.45. The lowest BCUT2D eigenvalue weighted by Gasteiger charge is -2.28. The zero-order valence-electron chi connectivity index (χ0n) is 15.0. The molecular weight excluding hydrogens is 367 g/mol. The number of alkyl halides is 3. The van der Waals surface area contributed by atoms with E-state index in [4.69, 9.17) is 0 Å². The Kier molecular flexibility index (Phi) is 4.77. The molecule has 4 nitrogen and oxygen atoms in total. The maximum absolute atomic E-state index is 13.3. The van der Waals surface area contributed by atoms with Gasteiger partial charge in [0.25, 0.3) is 5.56 Å². The number of aromatic amines is 1. The molecule has 2 aromatic carbocycles. The lowest BCUT2D eigenvalue weighted by atomic mass is 10.0. The average molecular weight is 385 g/mol. The first-order valence-electron chi connectivity index (χ1n) is 8.97. The Morgan fingerprint density at radius 2 is 1.75 bits per heavy atom. The molecule has 0 aliphatic carbocycles. The van der Waals surface area contributed by atoms with Crippen molar-refractivity contribution in [1.82, 2.24) is 14.9 Å². The number of nitrogens with one attached hydrogen (secondary N) is 1. The van der Waals surface area contributed by atoms with E-state index in [9.17, 15) is 18.0 Å². The second kappa shape index (κ2) is 7.24. The number of halogens is 3. The number of nitrogens with zero attached hydrogens (tertiary/aromatic N) is 2. The monoisotopic (exact) mass is 385 g/mol. The van der Waals surface area contributed by atoms with E-state index in [0.29, 0.717) is 36.6 Å². The van der Waals surface area contributed by atoms with Gasteiger partial charge in [-0.3, -0.25) is 9.69 Å². The van der Waals surface area contributed by atoms with Crippen LogP contribution < -0.4 is 5.56 Å². The first-order valence-corrected chi connectivity index (χ1v) is 8.97. The van der Waals surface area contributed by atoms with Gasteiger partial charge in [-0.2, -0.15) is 13.2 Å². The van der Waals surface area contributed by atoms with Crippen LogP contribution in [0.5, 0.6) is 0 Å². The van der Waals surface area contributed by atoms with Crippen molar-refractivity contribution in [3.8, 4) is 11.4 Å². The van der Waals surface area contributed by atoms with Gasteiger partial charge in [-0.05, 0) is 18.1 Å². The summed E-state index contributed by atoms with van der Waals surface area (Å²) in [5, 5.41) is 0. The van der Waals surface area contributed by atoms with Gasteiger partial charge < -0.3 is 4.98 Å². The predicted octanol–water partition coefficient (Wildman–Crippen LogP) is 4.01. The highest BCUT2D eigenvalue weighted by Gasteiger charge is 2.33.